The Bertz CT molecular complexity index is 1040. The summed E-state index contributed by atoms with van der Waals surface area (Å²) in [4.78, 5) is 36.7. The summed E-state index contributed by atoms with van der Waals surface area (Å²) in [7, 11) is 1.51. The standard InChI is InChI=1S/C19H17N3O4/c1-22-14-10-6-5-9-13(14)17(24)16(19(22)26)18(25)21-20-15(23)11-12-7-3-2-4-8-12/h2-10,24H,11H2,1H3,(H,20,23)(H,21,25). The highest BCUT2D eigenvalue weighted by Crippen LogP contribution is 2.25. The maximum atomic E-state index is 12.4. The summed E-state index contributed by atoms with van der Waals surface area (Å²) in [6.07, 6.45) is 0.0723. The van der Waals surface area contributed by atoms with Crippen LogP contribution >= 0.6 is 0 Å². The fourth-order valence-corrected chi connectivity index (χ4v) is 2.70. The van der Waals surface area contributed by atoms with Crippen molar-refractivity contribution < 1.29 is 14.7 Å². The van der Waals surface area contributed by atoms with Crippen molar-refractivity contribution in [2.75, 3.05) is 0 Å². The first-order valence-corrected chi connectivity index (χ1v) is 7.93. The molecule has 1 aromatic heterocycles. The number of nitrogens with one attached hydrogen (secondary N) is 2. The number of aromatic hydroxyl groups is 1. The van der Waals surface area contributed by atoms with Crippen LogP contribution in [0.4, 0.5) is 0 Å². The minimum atomic E-state index is -0.879. The molecule has 0 radical (unpaired) electrons. The van der Waals surface area contributed by atoms with Gasteiger partial charge in [-0.05, 0) is 17.7 Å². The van der Waals surface area contributed by atoms with E-state index in [2.05, 4.69) is 10.9 Å². The number of rotatable bonds is 3. The van der Waals surface area contributed by atoms with Gasteiger partial charge >= 0.3 is 0 Å². The molecule has 3 N–H and O–H groups in total. The van der Waals surface area contributed by atoms with Crippen molar-refractivity contribution in [1.82, 2.24) is 15.4 Å². The minimum absolute atomic E-state index is 0.0723. The van der Waals surface area contributed by atoms with Gasteiger partial charge in [-0.1, -0.05) is 42.5 Å². The molecule has 0 aliphatic carbocycles. The van der Waals surface area contributed by atoms with Crippen LogP contribution in [0.3, 0.4) is 0 Å². The number of aryl methyl sites for hydroxylation is 1. The highest BCUT2D eigenvalue weighted by atomic mass is 16.3. The van der Waals surface area contributed by atoms with Crippen LogP contribution < -0.4 is 16.4 Å². The first-order valence-electron chi connectivity index (χ1n) is 7.93. The lowest BCUT2D eigenvalue weighted by molar-refractivity contribution is -0.121. The van der Waals surface area contributed by atoms with Gasteiger partial charge in [0.05, 0.1) is 11.9 Å². The van der Waals surface area contributed by atoms with Crippen molar-refractivity contribution in [1.29, 1.82) is 0 Å². The third-order valence-electron chi connectivity index (χ3n) is 4.03. The predicted molar refractivity (Wildman–Crippen MR) is 96.6 cm³/mol. The van der Waals surface area contributed by atoms with Gasteiger partial charge in [0.15, 0.2) is 0 Å². The van der Waals surface area contributed by atoms with Crippen LogP contribution in [-0.2, 0) is 18.3 Å². The fourth-order valence-electron chi connectivity index (χ4n) is 2.70. The zero-order valence-corrected chi connectivity index (χ0v) is 14.0. The zero-order chi connectivity index (χ0) is 18.7. The van der Waals surface area contributed by atoms with E-state index in [0.717, 1.165) is 5.56 Å². The van der Waals surface area contributed by atoms with Gasteiger partial charge in [0.25, 0.3) is 11.5 Å². The molecule has 7 nitrogen and oxygen atoms in total. The van der Waals surface area contributed by atoms with Crippen molar-refractivity contribution in [3.8, 4) is 5.75 Å². The number of aromatic nitrogens is 1. The molecule has 0 unspecified atom stereocenters. The van der Waals surface area contributed by atoms with E-state index < -0.39 is 28.7 Å². The maximum absolute atomic E-state index is 12.4. The second kappa shape index (κ2) is 7.10. The topological polar surface area (TPSA) is 100 Å². The molecule has 0 saturated carbocycles. The molecule has 0 aliphatic rings. The number of amides is 2. The summed E-state index contributed by atoms with van der Waals surface area (Å²) < 4.78 is 1.27. The SMILES string of the molecule is Cn1c(=O)c(C(=O)NNC(=O)Cc2ccccc2)c(O)c2ccccc21. The summed E-state index contributed by atoms with van der Waals surface area (Å²) in [5, 5.41) is 10.7. The quantitative estimate of drug-likeness (QED) is 0.618. The van der Waals surface area contributed by atoms with Crippen LogP contribution in [0.15, 0.2) is 59.4 Å². The molecule has 2 aromatic carbocycles. The molecule has 0 fully saturated rings. The number of hydrazine groups is 1. The van der Waals surface area contributed by atoms with Crippen LogP contribution in [-0.4, -0.2) is 21.5 Å². The molecule has 1 heterocycles. The number of benzene rings is 2. The van der Waals surface area contributed by atoms with E-state index in [-0.39, 0.29) is 6.42 Å². The van der Waals surface area contributed by atoms with E-state index in [4.69, 9.17) is 0 Å². The molecule has 0 saturated heterocycles. The summed E-state index contributed by atoms with van der Waals surface area (Å²) in [5.41, 5.74) is 4.63. The van der Waals surface area contributed by atoms with E-state index in [1.54, 1.807) is 48.5 Å². The van der Waals surface area contributed by atoms with E-state index in [9.17, 15) is 19.5 Å². The molecule has 3 rings (SSSR count). The Balaban J connectivity index is 1.80. The van der Waals surface area contributed by atoms with Crippen LogP contribution in [0.1, 0.15) is 15.9 Å². The molecule has 0 bridgehead atoms. The fraction of sp³-hybridized carbons (Fsp3) is 0.105. The molecule has 7 heteroatoms. The molecule has 0 spiro atoms. The largest absolute Gasteiger partial charge is 0.506 e. The van der Waals surface area contributed by atoms with Crippen LogP contribution in [0, 0.1) is 0 Å². The lowest BCUT2D eigenvalue weighted by Gasteiger charge is -2.12. The molecule has 3 aromatic rings. The van der Waals surface area contributed by atoms with E-state index in [0.29, 0.717) is 10.9 Å². The van der Waals surface area contributed by atoms with Gasteiger partial charge in [-0.15, -0.1) is 0 Å². The Hall–Kier alpha value is -3.61. The highest BCUT2D eigenvalue weighted by Gasteiger charge is 2.21. The molecule has 0 aliphatic heterocycles. The normalized spacial score (nSPS) is 10.5. The molecule has 0 atom stereocenters. The minimum Gasteiger partial charge on any atom is -0.506 e. The smallest absolute Gasteiger partial charge is 0.279 e. The van der Waals surface area contributed by atoms with Gasteiger partial charge in [-0.25, -0.2) is 0 Å². The lowest BCUT2D eigenvalue weighted by atomic mass is 10.1. The summed E-state index contributed by atoms with van der Waals surface area (Å²) in [6.45, 7) is 0. The van der Waals surface area contributed by atoms with Crippen molar-refractivity contribution in [3.05, 3.63) is 76.1 Å². The predicted octanol–water partition coefficient (Wildman–Crippen LogP) is 1.25. The van der Waals surface area contributed by atoms with Crippen molar-refractivity contribution in [3.63, 3.8) is 0 Å². The average Bonchev–Trinajstić information content (AvgIpc) is 2.65. The molecular formula is C19H17N3O4. The number of nitrogens with zero attached hydrogens (tertiary/aromatic N) is 1. The number of carbonyl (C=O) groups excluding carboxylic acids is 2. The third kappa shape index (κ3) is 3.27. The number of pyridine rings is 1. The first-order chi connectivity index (χ1) is 12.5. The maximum Gasteiger partial charge on any atom is 0.279 e. The van der Waals surface area contributed by atoms with Gasteiger partial charge in [0.2, 0.25) is 5.91 Å². The third-order valence-corrected chi connectivity index (χ3v) is 4.03. The molecular weight excluding hydrogens is 334 g/mol. The second-order valence-corrected chi connectivity index (χ2v) is 5.77. The Kier molecular flexibility index (Phi) is 4.70. The first kappa shape index (κ1) is 17.2. The second-order valence-electron chi connectivity index (χ2n) is 5.77. The molecule has 26 heavy (non-hydrogen) atoms. The highest BCUT2D eigenvalue weighted by molar-refractivity contribution is 6.02. The average molecular weight is 351 g/mol. The number of hydrogen-bond donors (Lipinski definition) is 3. The Morgan fingerprint density at radius 3 is 2.38 bits per heavy atom. The summed E-state index contributed by atoms with van der Waals surface area (Å²) in [5.74, 6) is -1.74. The van der Waals surface area contributed by atoms with Gasteiger partial charge in [0, 0.05) is 12.4 Å². The van der Waals surface area contributed by atoms with Crippen LogP contribution in [0.2, 0.25) is 0 Å². The number of para-hydroxylation sites is 1. The monoisotopic (exact) mass is 351 g/mol. The lowest BCUT2D eigenvalue weighted by Crippen LogP contribution is -2.44. The van der Waals surface area contributed by atoms with Gasteiger partial charge < -0.3 is 9.67 Å². The van der Waals surface area contributed by atoms with Crippen molar-refractivity contribution in [2.24, 2.45) is 7.05 Å². The number of carbonyl (C=O) groups is 2. The molecule has 2 amide bonds. The van der Waals surface area contributed by atoms with Crippen molar-refractivity contribution in [2.45, 2.75) is 6.42 Å². The van der Waals surface area contributed by atoms with Gasteiger partial charge in [0.1, 0.15) is 11.3 Å². The summed E-state index contributed by atoms with van der Waals surface area (Å²) >= 11 is 0. The van der Waals surface area contributed by atoms with Gasteiger partial charge in [-0.3, -0.25) is 25.2 Å². The van der Waals surface area contributed by atoms with Crippen LogP contribution in [0.5, 0.6) is 5.75 Å². The van der Waals surface area contributed by atoms with E-state index >= 15 is 0 Å². The molecule has 132 valence electrons. The Morgan fingerprint density at radius 1 is 1.00 bits per heavy atom. The van der Waals surface area contributed by atoms with Crippen LogP contribution in [0.25, 0.3) is 10.9 Å². The summed E-state index contributed by atoms with van der Waals surface area (Å²) in [6, 6.07) is 15.7. The number of fused-ring (bicyclic) bond motifs is 1. The zero-order valence-electron chi connectivity index (χ0n) is 14.0. The van der Waals surface area contributed by atoms with E-state index in [1.165, 1.54) is 11.6 Å². The van der Waals surface area contributed by atoms with E-state index in [1.807, 2.05) is 6.07 Å². The Morgan fingerprint density at radius 2 is 1.65 bits per heavy atom. The van der Waals surface area contributed by atoms with Gasteiger partial charge in [-0.2, -0.15) is 0 Å². The number of hydrogen-bond acceptors (Lipinski definition) is 4. The Labute approximate surface area is 148 Å². The van der Waals surface area contributed by atoms with Crippen molar-refractivity contribution >= 4 is 22.7 Å².